The van der Waals surface area contributed by atoms with Crippen LogP contribution in [0.4, 0.5) is 0 Å². The molecule has 0 aliphatic rings. The Morgan fingerprint density at radius 3 is 2.65 bits per heavy atom. The van der Waals surface area contributed by atoms with Gasteiger partial charge in [-0.25, -0.2) is 0 Å². The van der Waals surface area contributed by atoms with E-state index in [9.17, 15) is 4.79 Å². The second kappa shape index (κ2) is 7.17. The number of ether oxygens (including phenoxy) is 1. The first-order chi connectivity index (χ1) is 7.57. The van der Waals surface area contributed by atoms with Crippen LogP contribution in [0.1, 0.15) is 37.3 Å². The molecule has 0 fully saturated rings. The number of aryl methyl sites for hydroxylation is 1. The maximum absolute atomic E-state index is 11.0. The van der Waals surface area contributed by atoms with Crippen LogP contribution in [-0.2, 0) is 4.79 Å². The number of aliphatic carboxylic acids is 1. The van der Waals surface area contributed by atoms with Gasteiger partial charge in [0.2, 0.25) is 0 Å². The summed E-state index contributed by atoms with van der Waals surface area (Å²) < 4.78 is 5.63. The predicted molar refractivity (Wildman–Crippen MR) is 70.3 cm³/mol. The van der Waals surface area contributed by atoms with Crippen LogP contribution < -0.4 is 4.74 Å². The smallest absolute Gasteiger partial charge is 0.310 e. The van der Waals surface area contributed by atoms with Crippen molar-refractivity contribution in [2.75, 3.05) is 6.61 Å². The van der Waals surface area contributed by atoms with E-state index in [4.69, 9.17) is 9.84 Å². The van der Waals surface area contributed by atoms with Gasteiger partial charge in [0, 0.05) is 5.56 Å². The molecular formula is C13H19ClO3. The van der Waals surface area contributed by atoms with E-state index in [1.54, 1.807) is 6.92 Å². The molecule has 0 aliphatic carbocycles. The fourth-order valence-corrected chi connectivity index (χ4v) is 1.55. The minimum atomic E-state index is -0.827. The van der Waals surface area contributed by atoms with Crippen LogP contribution in [0.2, 0.25) is 0 Å². The zero-order valence-corrected chi connectivity index (χ0v) is 11.2. The van der Waals surface area contributed by atoms with E-state index in [1.165, 1.54) is 0 Å². The zero-order valence-electron chi connectivity index (χ0n) is 10.4. The molecule has 1 aromatic carbocycles. The summed E-state index contributed by atoms with van der Waals surface area (Å²) in [5.74, 6) is -0.641. The Morgan fingerprint density at radius 2 is 2.12 bits per heavy atom. The molecule has 1 rings (SSSR count). The van der Waals surface area contributed by atoms with Crippen LogP contribution >= 0.6 is 12.4 Å². The number of carboxylic acids is 1. The number of hydrogen-bond acceptors (Lipinski definition) is 2. The van der Waals surface area contributed by atoms with Gasteiger partial charge >= 0.3 is 5.97 Å². The molecule has 0 bridgehead atoms. The largest absolute Gasteiger partial charge is 0.493 e. The number of benzene rings is 1. The number of para-hydroxylation sites is 1. The lowest BCUT2D eigenvalue weighted by atomic mass is 9.98. The highest BCUT2D eigenvalue weighted by Crippen LogP contribution is 2.30. The number of rotatable bonds is 5. The molecule has 1 N–H and O–H groups in total. The highest BCUT2D eigenvalue weighted by molar-refractivity contribution is 5.85. The molecule has 96 valence electrons. The zero-order chi connectivity index (χ0) is 12.1. The summed E-state index contributed by atoms with van der Waals surface area (Å²) in [5, 5.41) is 9.02. The van der Waals surface area contributed by atoms with Crippen LogP contribution in [-0.4, -0.2) is 17.7 Å². The molecule has 0 heterocycles. The van der Waals surface area contributed by atoms with E-state index in [-0.39, 0.29) is 12.4 Å². The summed E-state index contributed by atoms with van der Waals surface area (Å²) in [6.45, 7) is 6.25. The van der Waals surface area contributed by atoms with Crippen LogP contribution in [0, 0.1) is 6.92 Å². The van der Waals surface area contributed by atoms with Crippen molar-refractivity contribution in [3.05, 3.63) is 29.3 Å². The number of carbonyl (C=O) groups is 1. The molecule has 17 heavy (non-hydrogen) atoms. The molecule has 1 atom stereocenters. The van der Waals surface area contributed by atoms with Crippen molar-refractivity contribution in [2.45, 2.75) is 33.1 Å². The molecule has 1 unspecified atom stereocenters. The van der Waals surface area contributed by atoms with Gasteiger partial charge in [-0.1, -0.05) is 25.1 Å². The quantitative estimate of drug-likeness (QED) is 0.881. The molecule has 0 saturated carbocycles. The molecule has 0 aliphatic heterocycles. The average Bonchev–Trinajstić information content (AvgIpc) is 2.26. The summed E-state index contributed by atoms with van der Waals surface area (Å²) in [4.78, 5) is 11.0. The first-order valence-corrected chi connectivity index (χ1v) is 5.53. The van der Waals surface area contributed by atoms with Crippen molar-refractivity contribution in [3.8, 4) is 5.75 Å². The van der Waals surface area contributed by atoms with Crippen LogP contribution in [0.5, 0.6) is 5.75 Å². The third-order valence-electron chi connectivity index (χ3n) is 2.53. The lowest BCUT2D eigenvalue weighted by Gasteiger charge is -2.16. The minimum Gasteiger partial charge on any atom is -0.493 e. The summed E-state index contributed by atoms with van der Waals surface area (Å²) in [5.41, 5.74) is 1.74. The van der Waals surface area contributed by atoms with Crippen LogP contribution in [0.15, 0.2) is 18.2 Å². The van der Waals surface area contributed by atoms with Crippen LogP contribution in [0.25, 0.3) is 0 Å². The van der Waals surface area contributed by atoms with Gasteiger partial charge < -0.3 is 9.84 Å². The Kier molecular flexibility index (Phi) is 6.66. The first kappa shape index (κ1) is 15.8. The predicted octanol–water partition coefficient (Wildman–Crippen LogP) is 3.39. The Morgan fingerprint density at radius 1 is 1.47 bits per heavy atom. The second-order valence-corrected chi connectivity index (χ2v) is 3.90. The van der Waals surface area contributed by atoms with Crippen molar-refractivity contribution >= 4 is 18.4 Å². The van der Waals surface area contributed by atoms with E-state index in [0.29, 0.717) is 6.61 Å². The minimum absolute atomic E-state index is 0. The van der Waals surface area contributed by atoms with Crippen molar-refractivity contribution in [1.29, 1.82) is 0 Å². The van der Waals surface area contributed by atoms with Crippen molar-refractivity contribution in [1.82, 2.24) is 0 Å². The average molecular weight is 259 g/mol. The highest BCUT2D eigenvalue weighted by atomic mass is 35.5. The van der Waals surface area contributed by atoms with E-state index < -0.39 is 11.9 Å². The summed E-state index contributed by atoms with van der Waals surface area (Å²) in [7, 11) is 0. The standard InChI is InChI=1S/C13H18O3.ClH/c1-4-8-16-12-9(2)6-5-7-11(12)10(3)13(14)15;/h5-7,10H,4,8H2,1-3H3,(H,14,15);1H. The van der Waals surface area contributed by atoms with Gasteiger partial charge in [-0.15, -0.1) is 12.4 Å². The van der Waals surface area contributed by atoms with Gasteiger partial charge in [0.15, 0.2) is 0 Å². The van der Waals surface area contributed by atoms with Crippen molar-refractivity contribution in [2.24, 2.45) is 0 Å². The number of halogens is 1. The Hall–Kier alpha value is -1.22. The van der Waals surface area contributed by atoms with Gasteiger partial charge in [0.25, 0.3) is 0 Å². The molecule has 4 heteroatoms. The molecule has 0 saturated heterocycles. The maximum Gasteiger partial charge on any atom is 0.310 e. The molecule has 3 nitrogen and oxygen atoms in total. The summed E-state index contributed by atoms with van der Waals surface area (Å²) >= 11 is 0. The SMILES string of the molecule is CCCOc1c(C)cccc1C(C)C(=O)O.Cl. The fraction of sp³-hybridized carbons (Fsp3) is 0.462. The number of hydrogen-bond donors (Lipinski definition) is 1. The van der Waals surface area contributed by atoms with Crippen molar-refractivity contribution < 1.29 is 14.6 Å². The Bertz CT molecular complexity index is 377. The van der Waals surface area contributed by atoms with Crippen molar-refractivity contribution in [3.63, 3.8) is 0 Å². The normalized spacial score (nSPS) is 11.5. The molecular weight excluding hydrogens is 240 g/mol. The monoisotopic (exact) mass is 258 g/mol. The molecule has 0 radical (unpaired) electrons. The molecule has 1 aromatic rings. The van der Waals surface area contributed by atoms with Gasteiger partial charge in [0.05, 0.1) is 12.5 Å². The lowest BCUT2D eigenvalue weighted by molar-refractivity contribution is -0.138. The van der Waals surface area contributed by atoms with Gasteiger partial charge in [-0.2, -0.15) is 0 Å². The molecule has 0 spiro atoms. The summed E-state index contributed by atoms with van der Waals surface area (Å²) in [6.07, 6.45) is 0.912. The Balaban J connectivity index is 0.00000256. The lowest BCUT2D eigenvalue weighted by Crippen LogP contribution is -2.10. The molecule has 0 amide bonds. The van der Waals surface area contributed by atoms with E-state index in [2.05, 4.69) is 0 Å². The van der Waals surface area contributed by atoms with E-state index in [0.717, 1.165) is 23.3 Å². The highest BCUT2D eigenvalue weighted by Gasteiger charge is 2.19. The molecule has 0 aromatic heterocycles. The first-order valence-electron chi connectivity index (χ1n) is 5.53. The topological polar surface area (TPSA) is 46.5 Å². The van der Waals surface area contributed by atoms with Gasteiger partial charge in [0.1, 0.15) is 5.75 Å². The Labute approximate surface area is 108 Å². The third-order valence-corrected chi connectivity index (χ3v) is 2.53. The number of carboxylic acid groups (broad SMARTS) is 1. The van der Waals surface area contributed by atoms with Crippen LogP contribution in [0.3, 0.4) is 0 Å². The maximum atomic E-state index is 11.0. The second-order valence-electron chi connectivity index (χ2n) is 3.90. The third kappa shape index (κ3) is 3.93. The fourth-order valence-electron chi connectivity index (χ4n) is 1.55. The van der Waals surface area contributed by atoms with E-state index in [1.807, 2.05) is 32.0 Å². The van der Waals surface area contributed by atoms with Gasteiger partial charge in [-0.05, 0) is 25.8 Å². The summed E-state index contributed by atoms with van der Waals surface area (Å²) in [6, 6.07) is 5.61. The van der Waals surface area contributed by atoms with Gasteiger partial charge in [-0.3, -0.25) is 4.79 Å². The van der Waals surface area contributed by atoms with E-state index >= 15 is 0 Å².